The third-order valence-electron chi connectivity index (χ3n) is 8.44. The Labute approximate surface area is 165 Å². The molecule has 4 aliphatic rings. The second-order valence-electron chi connectivity index (χ2n) is 9.41. The average molecular weight is 390 g/mol. The van der Waals surface area contributed by atoms with Gasteiger partial charge in [0, 0.05) is 16.7 Å². The third kappa shape index (κ3) is 2.41. The normalized spacial score (nSPS) is 47.2. The van der Waals surface area contributed by atoms with Gasteiger partial charge in [-0.1, -0.05) is 25.5 Å². The molecule has 3 fully saturated rings. The number of carbonyl (C=O) groups is 2. The summed E-state index contributed by atoms with van der Waals surface area (Å²) in [5.74, 6) is 0.0229. The van der Waals surface area contributed by atoms with Crippen molar-refractivity contribution < 1.29 is 29.6 Å². The maximum absolute atomic E-state index is 12.8. The molecule has 0 heterocycles. The van der Waals surface area contributed by atoms with Gasteiger partial charge in [0.15, 0.2) is 17.2 Å². The van der Waals surface area contributed by atoms with Crippen molar-refractivity contribution in [3.05, 3.63) is 23.8 Å². The standard InChI is InChI=1S/C22H30O6/c1-20-8-6-14(24)10-13(20)4-5-15-16-7-9-22(28-27-3,18(26)12-23)21(16,2)11-17(25)19(15)20/h6,8,10,15-17,19,23,25H,4-5,7,9,11-12H2,1-3H3. The molecule has 0 radical (unpaired) electrons. The maximum Gasteiger partial charge on any atom is 0.193 e. The van der Waals surface area contributed by atoms with Gasteiger partial charge in [0.2, 0.25) is 0 Å². The van der Waals surface area contributed by atoms with Gasteiger partial charge in [-0.3, -0.25) is 9.59 Å². The second kappa shape index (κ2) is 6.59. The first-order valence-electron chi connectivity index (χ1n) is 10.2. The molecular formula is C22H30O6. The van der Waals surface area contributed by atoms with E-state index in [9.17, 15) is 19.8 Å². The molecule has 7 unspecified atom stereocenters. The molecule has 6 nitrogen and oxygen atoms in total. The van der Waals surface area contributed by atoms with Crippen LogP contribution in [0.15, 0.2) is 23.8 Å². The van der Waals surface area contributed by atoms with Crippen LogP contribution in [0.3, 0.4) is 0 Å². The highest BCUT2D eigenvalue weighted by Gasteiger charge is 2.69. The number of aliphatic hydroxyl groups excluding tert-OH is 2. The van der Waals surface area contributed by atoms with E-state index in [4.69, 9.17) is 9.78 Å². The second-order valence-corrected chi connectivity index (χ2v) is 9.41. The summed E-state index contributed by atoms with van der Waals surface area (Å²) in [4.78, 5) is 35.3. The van der Waals surface area contributed by atoms with E-state index in [1.54, 1.807) is 12.2 Å². The Balaban J connectivity index is 1.75. The fourth-order valence-corrected chi connectivity index (χ4v) is 7.23. The van der Waals surface area contributed by atoms with E-state index >= 15 is 0 Å². The van der Waals surface area contributed by atoms with E-state index in [0.717, 1.165) is 24.8 Å². The topological polar surface area (TPSA) is 93.1 Å². The summed E-state index contributed by atoms with van der Waals surface area (Å²) in [6, 6.07) is 0. The Morgan fingerprint density at radius 2 is 2.07 bits per heavy atom. The SMILES string of the molecule is COOC1(C(=O)CO)CCC2C3CCC4=CC(=O)C=CC4(C)C3C(O)CC21C. The van der Waals surface area contributed by atoms with E-state index in [1.807, 2.05) is 13.0 Å². The predicted molar refractivity (Wildman–Crippen MR) is 101 cm³/mol. The molecule has 0 saturated heterocycles. The van der Waals surface area contributed by atoms with Crippen molar-refractivity contribution in [2.24, 2.45) is 28.6 Å². The van der Waals surface area contributed by atoms with Gasteiger partial charge in [0.25, 0.3) is 0 Å². The number of Topliss-reactive ketones (excluding diaryl/α,β-unsaturated/α-hetero) is 1. The van der Waals surface area contributed by atoms with E-state index in [2.05, 4.69) is 6.92 Å². The Morgan fingerprint density at radius 1 is 1.32 bits per heavy atom. The van der Waals surface area contributed by atoms with Gasteiger partial charge in [0.1, 0.15) is 6.61 Å². The van der Waals surface area contributed by atoms with Gasteiger partial charge in [-0.2, -0.15) is 0 Å². The van der Waals surface area contributed by atoms with Gasteiger partial charge in [-0.25, -0.2) is 9.78 Å². The minimum Gasteiger partial charge on any atom is -0.393 e. The molecule has 0 aromatic rings. The van der Waals surface area contributed by atoms with Gasteiger partial charge in [-0.15, -0.1) is 0 Å². The van der Waals surface area contributed by atoms with Crippen LogP contribution in [0.5, 0.6) is 0 Å². The molecular weight excluding hydrogens is 360 g/mol. The van der Waals surface area contributed by atoms with Crippen LogP contribution in [-0.2, 0) is 19.4 Å². The van der Waals surface area contributed by atoms with E-state index in [0.29, 0.717) is 12.8 Å². The zero-order valence-corrected chi connectivity index (χ0v) is 16.8. The first kappa shape index (κ1) is 20.0. The number of carbonyl (C=O) groups excluding carboxylic acids is 2. The van der Waals surface area contributed by atoms with Crippen LogP contribution in [0.25, 0.3) is 0 Å². The highest BCUT2D eigenvalue weighted by molar-refractivity contribution is 6.01. The zero-order chi connectivity index (χ0) is 20.3. The molecule has 0 bridgehead atoms. The number of hydrogen-bond acceptors (Lipinski definition) is 6. The van der Waals surface area contributed by atoms with Gasteiger partial charge in [-0.05, 0) is 56.1 Å². The lowest BCUT2D eigenvalue weighted by Gasteiger charge is -2.59. The molecule has 2 N–H and O–H groups in total. The Morgan fingerprint density at radius 3 is 2.75 bits per heavy atom. The largest absolute Gasteiger partial charge is 0.393 e. The van der Waals surface area contributed by atoms with Crippen molar-refractivity contribution in [1.82, 2.24) is 0 Å². The molecule has 0 spiro atoms. The molecule has 28 heavy (non-hydrogen) atoms. The quantitative estimate of drug-likeness (QED) is 0.564. The Hall–Kier alpha value is -1.34. The first-order chi connectivity index (χ1) is 13.2. The van der Waals surface area contributed by atoms with E-state index in [1.165, 1.54) is 7.11 Å². The van der Waals surface area contributed by atoms with Crippen LogP contribution >= 0.6 is 0 Å². The van der Waals surface area contributed by atoms with E-state index < -0.39 is 23.7 Å². The van der Waals surface area contributed by atoms with Crippen LogP contribution in [0.1, 0.15) is 46.0 Å². The Kier molecular flexibility index (Phi) is 4.70. The molecule has 7 atom stereocenters. The lowest BCUT2D eigenvalue weighted by Crippen LogP contribution is -2.62. The van der Waals surface area contributed by atoms with Crippen molar-refractivity contribution in [3.8, 4) is 0 Å². The average Bonchev–Trinajstić information content (AvgIpc) is 2.94. The highest BCUT2D eigenvalue weighted by atomic mass is 17.2. The fourth-order valence-electron chi connectivity index (χ4n) is 7.23. The van der Waals surface area contributed by atoms with Crippen molar-refractivity contribution in [2.45, 2.75) is 57.7 Å². The minimum atomic E-state index is -1.23. The summed E-state index contributed by atoms with van der Waals surface area (Å²) >= 11 is 0. The number of ketones is 2. The van der Waals surface area contributed by atoms with Crippen molar-refractivity contribution in [3.63, 3.8) is 0 Å². The molecule has 0 amide bonds. The van der Waals surface area contributed by atoms with Gasteiger partial charge < -0.3 is 10.2 Å². The summed E-state index contributed by atoms with van der Waals surface area (Å²) in [5.41, 5.74) is -1.09. The van der Waals surface area contributed by atoms with Crippen LogP contribution in [0.4, 0.5) is 0 Å². The molecule has 154 valence electrons. The number of hydrogen-bond donors (Lipinski definition) is 2. The molecule has 6 heteroatoms. The molecule has 4 rings (SSSR count). The van der Waals surface area contributed by atoms with Crippen molar-refractivity contribution in [2.75, 3.05) is 13.7 Å². The molecule has 0 aliphatic heterocycles. The van der Waals surface area contributed by atoms with Gasteiger partial charge >= 0.3 is 0 Å². The predicted octanol–water partition coefficient (Wildman–Crippen LogP) is 2.14. The van der Waals surface area contributed by atoms with Crippen LogP contribution in [0.2, 0.25) is 0 Å². The monoisotopic (exact) mass is 390 g/mol. The van der Waals surface area contributed by atoms with Crippen LogP contribution < -0.4 is 0 Å². The van der Waals surface area contributed by atoms with Gasteiger partial charge in [0.05, 0.1) is 13.2 Å². The minimum absolute atomic E-state index is 0.00232. The summed E-state index contributed by atoms with van der Waals surface area (Å²) in [6.07, 6.45) is 8.05. The van der Waals surface area contributed by atoms with Crippen LogP contribution in [0, 0.1) is 28.6 Å². The molecule has 0 aromatic carbocycles. The Bertz CT molecular complexity index is 756. The number of aliphatic hydroxyl groups is 2. The first-order valence-corrected chi connectivity index (χ1v) is 10.2. The molecule has 0 aromatic heterocycles. The summed E-state index contributed by atoms with van der Waals surface area (Å²) < 4.78 is 0. The fraction of sp³-hybridized carbons (Fsp3) is 0.727. The van der Waals surface area contributed by atoms with Crippen LogP contribution in [-0.4, -0.2) is 47.2 Å². The van der Waals surface area contributed by atoms with Crippen molar-refractivity contribution >= 4 is 11.6 Å². The lowest BCUT2D eigenvalue weighted by molar-refractivity contribution is -0.360. The highest BCUT2D eigenvalue weighted by Crippen LogP contribution is 2.67. The third-order valence-corrected chi connectivity index (χ3v) is 8.44. The number of rotatable bonds is 4. The summed E-state index contributed by atoms with van der Waals surface area (Å²) in [5, 5.41) is 20.9. The number of allylic oxidation sites excluding steroid dienone is 4. The smallest absolute Gasteiger partial charge is 0.193 e. The van der Waals surface area contributed by atoms with Crippen molar-refractivity contribution in [1.29, 1.82) is 0 Å². The molecule has 4 aliphatic carbocycles. The molecule has 3 saturated carbocycles. The summed E-state index contributed by atoms with van der Waals surface area (Å²) in [6.45, 7) is 3.52. The maximum atomic E-state index is 12.8. The number of fused-ring (bicyclic) bond motifs is 5. The lowest BCUT2D eigenvalue weighted by atomic mass is 9.46. The van der Waals surface area contributed by atoms with E-state index in [-0.39, 0.29) is 34.7 Å². The zero-order valence-electron chi connectivity index (χ0n) is 16.8. The summed E-state index contributed by atoms with van der Waals surface area (Å²) in [7, 11) is 1.38.